The molecule has 2 aromatic heterocycles. The van der Waals surface area contributed by atoms with Gasteiger partial charge < -0.3 is 0 Å². The second-order valence-electron chi connectivity index (χ2n) is 6.36. The summed E-state index contributed by atoms with van der Waals surface area (Å²) < 4.78 is 2.09. The lowest BCUT2D eigenvalue weighted by atomic mass is 10.1. The van der Waals surface area contributed by atoms with E-state index < -0.39 is 0 Å². The number of rotatable bonds is 3. The Bertz CT molecular complexity index is 1270. The fourth-order valence-corrected chi connectivity index (χ4v) is 3.19. The summed E-state index contributed by atoms with van der Waals surface area (Å²) in [7, 11) is 0. The van der Waals surface area contributed by atoms with Crippen LogP contribution in [-0.4, -0.2) is 20.7 Å². The number of aliphatic imine (C=N–C) groups is 1. The third-order valence-electron chi connectivity index (χ3n) is 4.61. The highest BCUT2D eigenvalue weighted by Gasteiger charge is 2.03. The molecule has 3 aromatic carbocycles. The topological polar surface area (TPSA) is 43.1 Å². The van der Waals surface area contributed by atoms with Gasteiger partial charge in [0.1, 0.15) is 6.33 Å². The van der Waals surface area contributed by atoms with Gasteiger partial charge in [-0.05, 0) is 53.4 Å². The zero-order valence-corrected chi connectivity index (χ0v) is 14.5. The molecule has 5 rings (SSSR count). The van der Waals surface area contributed by atoms with Crippen LogP contribution in [0.1, 0.15) is 5.56 Å². The maximum atomic E-state index is 4.60. The molecule has 0 bridgehead atoms. The van der Waals surface area contributed by atoms with E-state index in [1.54, 1.807) is 6.20 Å². The molecule has 5 aromatic rings. The van der Waals surface area contributed by atoms with Crippen LogP contribution in [0.5, 0.6) is 0 Å². The van der Waals surface area contributed by atoms with E-state index in [9.17, 15) is 0 Å². The fraction of sp³-hybridized carbons (Fsp3) is 0. The largest absolute Gasteiger partial charge is 0.299 e. The molecule has 0 saturated heterocycles. The van der Waals surface area contributed by atoms with Gasteiger partial charge in [-0.1, -0.05) is 30.3 Å². The number of nitrogens with zero attached hydrogens (tertiary/aromatic N) is 4. The van der Waals surface area contributed by atoms with Crippen LogP contribution in [0.2, 0.25) is 0 Å². The van der Waals surface area contributed by atoms with Crippen molar-refractivity contribution in [3.63, 3.8) is 0 Å². The summed E-state index contributed by atoms with van der Waals surface area (Å²) in [5.41, 5.74) is 5.14. The Kier molecular flexibility index (Phi) is 3.72. The van der Waals surface area contributed by atoms with Gasteiger partial charge in [-0.15, -0.1) is 0 Å². The van der Waals surface area contributed by atoms with E-state index in [-0.39, 0.29) is 0 Å². The van der Waals surface area contributed by atoms with Gasteiger partial charge >= 0.3 is 0 Å². The Morgan fingerprint density at radius 1 is 0.852 bits per heavy atom. The van der Waals surface area contributed by atoms with Crippen molar-refractivity contribution in [3.05, 3.63) is 97.1 Å². The van der Waals surface area contributed by atoms with Crippen molar-refractivity contribution in [1.29, 1.82) is 0 Å². The highest BCUT2D eigenvalue weighted by Crippen LogP contribution is 2.21. The van der Waals surface area contributed by atoms with Crippen molar-refractivity contribution in [2.24, 2.45) is 4.99 Å². The van der Waals surface area contributed by atoms with Gasteiger partial charge in [0.15, 0.2) is 0 Å². The Labute approximate surface area is 156 Å². The third-order valence-corrected chi connectivity index (χ3v) is 4.61. The average molecular weight is 348 g/mol. The molecule has 0 saturated carbocycles. The van der Waals surface area contributed by atoms with Crippen molar-refractivity contribution in [2.45, 2.75) is 0 Å². The molecule has 128 valence electrons. The molecule has 0 aliphatic heterocycles. The minimum atomic E-state index is 0.917. The van der Waals surface area contributed by atoms with Crippen molar-refractivity contribution >= 4 is 33.7 Å². The van der Waals surface area contributed by atoms with Crippen LogP contribution in [0.4, 0.5) is 5.69 Å². The summed E-state index contributed by atoms with van der Waals surface area (Å²) in [5.74, 6) is 0. The van der Waals surface area contributed by atoms with Crippen LogP contribution in [-0.2, 0) is 0 Å². The fourth-order valence-electron chi connectivity index (χ4n) is 3.19. The number of hydrogen-bond donors (Lipinski definition) is 0. The van der Waals surface area contributed by atoms with Gasteiger partial charge in [-0.2, -0.15) is 0 Å². The average Bonchev–Trinajstić information content (AvgIpc) is 3.17. The Balaban J connectivity index is 1.42. The maximum absolute atomic E-state index is 4.60. The second kappa shape index (κ2) is 6.50. The number of hydrogen-bond acceptors (Lipinski definition) is 3. The van der Waals surface area contributed by atoms with Crippen molar-refractivity contribution < 1.29 is 0 Å². The normalized spacial score (nSPS) is 11.6. The standard InChI is InChI=1S/C23H16N4/c1-2-4-23-22(3-1)26-16-27(23)21-9-5-17(6-10-21)14-25-20-8-7-18-11-12-24-15-19(18)13-20/h1-16H. The van der Waals surface area contributed by atoms with E-state index in [0.717, 1.165) is 33.4 Å². The molecule has 0 fully saturated rings. The first-order valence-corrected chi connectivity index (χ1v) is 8.77. The summed E-state index contributed by atoms with van der Waals surface area (Å²) in [5, 5.41) is 2.26. The lowest BCUT2D eigenvalue weighted by Gasteiger charge is -2.04. The highest BCUT2D eigenvalue weighted by atomic mass is 15.0. The number of imidazole rings is 1. The number of aromatic nitrogens is 3. The van der Waals surface area contributed by atoms with Crippen molar-refractivity contribution in [2.75, 3.05) is 0 Å². The van der Waals surface area contributed by atoms with Crippen LogP contribution >= 0.6 is 0 Å². The molecule has 0 amide bonds. The highest BCUT2D eigenvalue weighted by molar-refractivity contribution is 5.87. The molecule has 4 heteroatoms. The van der Waals surface area contributed by atoms with Crippen LogP contribution < -0.4 is 0 Å². The number of fused-ring (bicyclic) bond motifs is 2. The van der Waals surface area contributed by atoms with Crippen LogP contribution in [0.15, 0.2) is 96.5 Å². The number of pyridine rings is 1. The summed E-state index contributed by atoms with van der Waals surface area (Å²) in [6.07, 6.45) is 7.40. The Morgan fingerprint density at radius 3 is 2.67 bits per heavy atom. The predicted octanol–water partition coefficient (Wildman–Crippen LogP) is 5.32. The van der Waals surface area contributed by atoms with Crippen LogP contribution in [0.3, 0.4) is 0 Å². The monoisotopic (exact) mass is 348 g/mol. The lowest BCUT2D eigenvalue weighted by molar-refractivity contribution is 1.09. The van der Waals surface area contributed by atoms with Gasteiger partial charge in [0.2, 0.25) is 0 Å². The van der Waals surface area contributed by atoms with Gasteiger partial charge in [0, 0.05) is 29.7 Å². The molecule has 0 N–H and O–H groups in total. The zero-order valence-electron chi connectivity index (χ0n) is 14.5. The van der Waals surface area contributed by atoms with E-state index in [2.05, 4.69) is 55.9 Å². The maximum Gasteiger partial charge on any atom is 0.100 e. The van der Waals surface area contributed by atoms with Gasteiger partial charge in [-0.25, -0.2) is 4.98 Å². The van der Waals surface area contributed by atoms with Crippen LogP contribution in [0.25, 0.3) is 27.5 Å². The molecule has 0 atom stereocenters. The van der Waals surface area contributed by atoms with Gasteiger partial charge in [-0.3, -0.25) is 14.5 Å². The SMILES string of the molecule is C(=Nc1ccc2ccncc2c1)c1ccc(-n2cnc3ccccc32)cc1. The Hall–Kier alpha value is -3.79. The predicted molar refractivity (Wildman–Crippen MR) is 110 cm³/mol. The van der Waals surface area contributed by atoms with E-state index in [1.165, 1.54) is 5.39 Å². The van der Waals surface area contributed by atoms with Crippen molar-refractivity contribution in [1.82, 2.24) is 14.5 Å². The molecular weight excluding hydrogens is 332 g/mol. The van der Waals surface area contributed by atoms with E-state index in [0.29, 0.717) is 0 Å². The summed E-state index contributed by atoms with van der Waals surface area (Å²) >= 11 is 0. The molecule has 2 heterocycles. The smallest absolute Gasteiger partial charge is 0.100 e. The number of para-hydroxylation sites is 2. The summed E-state index contributed by atoms with van der Waals surface area (Å²) in [6.45, 7) is 0. The molecule has 27 heavy (non-hydrogen) atoms. The third kappa shape index (κ3) is 2.98. The zero-order chi connectivity index (χ0) is 18.1. The lowest BCUT2D eigenvalue weighted by Crippen LogP contribution is -1.92. The molecule has 0 unspecified atom stereocenters. The molecule has 0 radical (unpaired) electrons. The molecule has 0 aliphatic rings. The summed E-state index contributed by atoms with van der Waals surface area (Å²) in [6, 6.07) is 24.6. The van der Waals surface area contributed by atoms with Crippen molar-refractivity contribution in [3.8, 4) is 5.69 Å². The first-order valence-electron chi connectivity index (χ1n) is 8.77. The quantitative estimate of drug-likeness (QED) is 0.414. The molecule has 0 aliphatic carbocycles. The first-order chi connectivity index (χ1) is 13.4. The minimum Gasteiger partial charge on any atom is -0.299 e. The number of benzene rings is 3. The van der Waals surface area contributed by atoms with Gasteiger partial charge in [0.25, 0.3) is 0 Å². The Morgan fingerprint density at radius 2 is 1.74 bits per heavy atom. The summed E-state index contributed by atoms with van der Waals surface area (Å²) in [4.78, 5) is 13.2. The molecule has 0 spiro atoms. The van der Waals surface area contributed by atoms with E-state index >= 15 is 0 Å². The molecular formula is C23H16N4. The minimum absolute atomic E-state index is 0.917. The first kappa shape index (κ1) is 15.5. The van der Waals surface area contributed by atoms with E-state index in [1.807, 2.05) is 55.1 Å². The second-order valence-corrected chi connectivity index (χ2v) is 6.36. The molecule has 4 nitrogen and oxygen atoms in total. The van der Waals surface area contributed by atoms with Gasteiger partial charge in [0.05, 0.1) is 16.7 Å². The van der Waals surface area contributed by atoms with E-state index in [4.69, 9.17) is 0 Å². The van der Waals surface area contributed by atoms with Crippen LogP contribution in [0, 0.1) is 0 Å².